The van der Waals surface area contributed by atoms with Gasteiger partial charge in [0.2, 0.25) is 0 Å². The topological polar surface area (TPSA) is 72.2 Å². The molecule has 2 aromatic carbocycles. The van der Waals surface area contributed by atoms with E-state index >= 15 is 0 Å². The Balaban J connectivity index is 1.57. The maximum absolute atomic E-state index is 13.7. The summed E-state index contributed by atoms with van der Waals surface area (Å²) in [6, 6.07) is 11.4. The number of carbonyl (C=O) groups excluding carboxylic acids is 2. The number of nitrogens with two attached hydrogens (primary N) is 1. The Morgan fingerprint density at radius 2 is 1.74 bits per heavy atom. The Bertz CT molecular complexity index is 899. The van der Waals surface area contributed by atoms with E-state index in [2.05, 4.69) is 5.32 Å². The number of hydrogen-bond acceptors (Lipinski definition) is 2. The maximum atomic E-state index is 13.7. The molecular formula is C22H23FN2O2. The van der Waals surface area contributed by atoms with Crippen molar-refractivity contribution >= 4 is 11.8 Å². The third kappa shape index (κ3) is 3.46. The Labute approximate surface area is 158 Å². The van der Waals surface area contributed by atoms with Gasteiger partial charge in [0.25, 0.3) is 11.8 Å². The summed E-state index contributed by atoms with van der Waals surface area (Å²) in [4.78, 5) is 24.2. The molecule has 0 saturated heterocycles. The van der Waals surface area contributed by atoms with E-state index in [0.29, 0.717) is 17.0 Å². The molecule has 0 spiro atoms. The highest BCUT2D eigenvalue weighted by Gasteiger charge is 2.50. The minimum atomic E-state index is -0.810. The molecule has 0 heterocycles. The number of hydrogen-bond donors (Lipinski definition) is 2. The first-order valence-electron chi connectivity index (χ1n) is 9.51. The van der Waals surface area contributed by atoms with Crippen LogP contribution in [0.4, 0.5) is 4.39 Å². The second-order valence-electron chi connectivity index (χ2n) is 7.73. The quantitative estimate of drug-likeness (QED) is 0.838. The minimum absolute atomic E-state index is 0.0153. The summed E-state index contributed by atoms with van der Waals surface area (Å²) in [5, 5.41) is 3.27. The van der Waals surface area contributed by atoms with Gasteiger partial charge < -0.3 is 11.1 Å². The molecule has 2 aliphatic rings. The predicted octanol–water partition coefficient (Wildman–Crippen LogP) is 4.04. The van der Waals surface area contributed by atoms with E-state index in [0.717, 1.165) is 18.4 Å². The molecule has 0 aromatic heterocycles. The van der Waals surface area contributed by atoms with Crippen molar-refractivity contribution in [2.24, 2.45) is 11.7 Å². The average Bonchev–Trinajstić information content (AvgIpc) is 3.22. The smallest absolute Gasteiger partial charge is 0.251 e. The van der Waals surface area contributed by atoms with Crippen molar-refractivity contribution in [2.45, 2.75) is 44.1 Å². The van der Waals surface area contributed by atoms with Gasteiger partial charge >= 0.3 is 0 Å². The summed E-state index contributed by atoms with van der Waals surface area (Å²) in [6.45, 7) is 0. The fourth-order valence-corrected chi connectivity index (χ4v) is 4.28. The van der Waals surface area contributed by atoms with E-state index in [1.807, 2.05) is 6.07 Å². The van der Waals surface area contributed by atoms with Gasteiger partial charge in [-0.25, -0.2) is 4.39 Å². The summed E-state index contributed by atoms with van der Waals surface area (Å²) in [7, 11) is 0. The Morgan fingerprint density at radius 3 is 2.41 bits per heavy atom. The molecule has 3 N–H and O–H groups in total. The number of nitrogens with one attached hydrogen (secondary N) is 1. The third-order valence-corrected chi connectivity index (χ3v) is 5.98. The molecule has 4 rings (SSSR count). The third-order valence-electron chi connectivity index (χ3n) is 5.98. The molecule has 0 unspecified atom stereocenters. The minimum Gasteiger partial charge on any atom is -0.366 e. The zero-order chi connectivity index (χ0) is 19.0. The second kappa shape index (κ2) is 6.80. The highest BCUT2D eigenvalue weighted by molar-refractivity contribution is 5.97. The van der Waals surface area contributed by atoms with Crippen LogP contribution >= 0.6 is 0 Å². The zero-order valence-electron chi connectivity index (χ0n) is 15.1. The van der Waals surface area contributed by atoms with E-state index in [1.165, 1.54) is 37.8 Å². The summed E-state index contributed by atoms with van der Waals surface area (Å²) >= 11 is 0. The number of benzene rings is 2. The van der Waals surface area contributed by atoms with E-state index in [9.17, 15) is 14.0 Å². The van der Waals surface area contributed by atoms with Crippen molar-refractivity contribution in [1.29, 1.82) is 0 Å². The van der Waals surface area contributed by atoms with Gasteiger partial charge in [-0.15, -0.1) is 0 Å². The predicted molar refractivity (Wildman–Crippen MR) is 102 cm³/mol. The van der Waals surface area contributed by atoms with Gasteiger partial charge in [0.1, 0.15) is 5.82 Å². The largest absolute Gasteiger partial charge is 0.366 e. The molecule has 0 bridgehead atoms. The molecular weight excluding hydrogens is 343 g/mol. The number of amides is 2. The van der Waals surface area contributed by atoms with Crippen LogP contribution in [0.3, 0.4) is 0 Å². The van der Waals surface area contributed by atoms with Gasteiger partial charge in [-0.05, 0) is 67.0 Å². The fourth-order valence-electron chi connectivity index (χ4n) is 4.28. The first-order valence-corrected chi connectivity index (χ1v) is 9.51. The molecule has 0 atom stereocenters. The first-order chi connectivity index (χ1) is 13.0. The summed E-state index contributed by atoms with van der Waals surface area (Å²) in [5.41, 5.74) is 7.03. The van der Waals surface area contributed by atoms with Gasteiger partial charge in [-0.1, -0.05) is 31.0 Å². The van der Waals surface area contributed by atoms with Crippen LogP contribution in [-0.2, 0) is 0 Å². The van der Waals surface area contributed by atoms with E-state index in [4.69, 9.17) is 5.73 Å². The Morgan fingerprint density at radius 1 is 1.04 bits per heavy atom. The monoisotopic (exact) mass is 366 g/mol. The lowest BCUT2D eigenvalue weighted by molar-refractivity contribution is 0.0912. The molecule has 0 aliphatic heterocycles. The molecule has 27 heavy (non-hydrogen) atoms. The summed E-state index contributed by atoms with van der Waals surface area (Å²) < 4.78 is 13.7. The van der Waals surface area contributed by atoms with Crippen LogP contribution in [0.2, 0.25) is 0 Å². The van der Waals surface area contributed by atoms with Crippen molar-refractivity contribution in [3.8, 4) is 11.1 Å². The summed E-state index contributed by atoms with van der Waals surface area (Å²) in [5.74, 6) is -0.929. The molecule has 2 aromatic rings. The molecule has 0 radical (unpaired) electrons. The second-order valence-corrected chi connectivity index (χ2v) is 7.73. The molecule has 2 amide bonds. The van der Waals surface area contributed by atoms with Crippen LogP contribution in [0, 0.1) is 11.7 Å². The van der Waals surface area contributed by atoms with Gasteiger partial charge in [0, 0.05) is 11.1 Å². The van der Waals surface area contributed by atoms with Gasteiger partial charge in [0.05, 0.1) is 5.56 Å². The number of primary amides is 1. The lowest BCUT2D eigenvalue weighted by Crippen LogP contribution is -2.41. The van der Waals surface area contributed by atoms with Crippen molar-refractivity contribution in [3.63, 3.8) is 0 Å². The average molecular weight is 366 g/mol. The highest BCUT2D eigenvalue weighted by Crippen LogP contribution is 2.49. The zero-order valence-corrected chi connectivity index (χ0v) is 15.1. The molecule has 2 aliphatic carbocycles. The van der Waals surface area contributed by atoms with E-state index in [-0.39, 0.29) is 17.0 Å². The highest BCUT2D eigenvalue weighted by atomic mass is 19.1. The molecule has 2 fully saturated rings. The first kappa shape index (κ1) is 17.7. The molecule has 2 saturated carbocycles. The number of rotatable bonds is 5. The van der Waals surface area contributed by atoms with Crippen LogP contribution < -0.4 is 11.1 Å². The SMILES string of the molecule is NC(=O)c1cc(-c2cccc(C(=O)NC3(C4CCCC4)CC3)c2)ccc1F. The Kier molecular flexibility index (Phi) is 4.46. The Hall–Kier alpha value is -2.69. The van der Waals surface area contributed by atoms with Crippen LogP contribution in [-0.4, -0.2) is 17.4 Å². The lowest BCUT2D eigenvalue weighted by atomic mass is 9.94. The van der Waals surface area contributed by atoms with Crippen LogP contribution in [0.25, 0.3) is 11.1 Å². The molecule has 140 valence electrons. The van der Waals surface area contributed by atoms with Crippen LogP contribution in [0.1, 0.15) is 59.2 Å². The molecule has 4 nitrogen and oxygen atoms in total. The summed E-state index contributed by atoms with van der Waals surface area (Å²) in [6.07, 6.45) is 7.03. The van der Waals surface area contributed by atoms with Crippen molar-refractivity contribution in [2.75, 3.05) is 0 Å². The maximum Gasteiger partial charge on any atom is 0.251 e. The lowest BCUT2D eigenvalue weighted by Gasteiger charge is -2.24. The van der Waals surface area contributed by atoms with Gasteiger partial charge in [-0.3, -0.25) is 9.59 Å². The normalized spacial score (nSPS) is 18.3. The van der Waals surface area contributed by atoms with Crippen molar-refractivity contribution in [1.82, 2.24) is 5.32 Å². The standard InChI is InChI=1S/C22H23FN2O2/c23-19-9-8-15(13-18(19)20(24)26)14-4-3-5-16(12-14)21(27)25-22(10-11-22)17-6-1-2-7-17/h3-5,8-9,12-13,17H,1-2,6-7,10-11H2,(H2,24,26)(H,25,27). The van der Waals surface area contributed by atoms with Gasteiger partial charge in [0.15, 0.2) is 0 Å². The number of halogens is 1. The van der Waals surface area contributed by atoms with Crippen molar-refractivity contribution < 1.29 is 14.0 Å². The molecule has 5 heteroatoms. The van der Waals surface area contributed by atoms with Gasteiger partial charge in [-0.2, -0.15) is 0 Å². The van der Waals surface area contributed by atoms with E-state index < -0.39 is 11.7 Å². The number of carbonyl (C=O) groups is 2. The fraction of sp³-hybridized carbons (Fsp3) is 0.364. The van der Waals surface area contributed by atoms with Crippen LogP contribution in [0.5, 0.6) is 0 Å². The van der Waals surface area contributed by atoms with Crippen molar-refractivity contribution in [3.05, 3.63) is 59.4 Å². The van der Waals surface area contributed by atoms with Crippen LogP contribution in [0.15, 0.2) is 42.5 Å². The van der Waals surface area contributed by atoms with E-state index in [1.54, 1.807) is 24.3 Å².